The van der Waals surface area contributed by atoms with Gasteiger partial charge in [0, 0.05) is 26.2 Å². The first-order valence-corrected chi connectivity index (χ1v) is 7.58. The average molecular weight is 311 g/mol. The second-order valence-corrected chi connectivity index (χ2v) is 5.56. The third-order valence-electron chi connectivity index (χ3n) is 4.16. The molecule has 3 aromatic rings. The Bertz CT molecular complexity index is 849. The number of hydrogen-bond acceptors (Lipinski definition) is 6. The zero-order chi connectivity index (χ0) is 15.6. The van der Waals surface area contributed by atoms with Gasteiger partial charge < -0.3 is 9.88 Å². The summed E-state index contributed by atoms with van der Waals surface area (Å²) in [6.07, 6.45) is 3.03. The molecule has 0 amide bonds. The van der Waals surface area contributed by atoms with Gasteiger partial charge in [-0.1, -0.05) is 12.1 Å². The van der Waals surface area contributed by atoms with Crippen molar-refractivity contribution in [3.05, 3.63) is 47.4 Å². The van der Waals surface area contributed by atoms with Crippen molar-refractivity contribution >= 4 is 17.0 Å². The Labute approximate surface area is 132 Å². The van der Waals surface area contributed by atoms with E-state index in [4.69, 9.17) is 0 Å². The summed E-state index contributed by atoms with van der Waals surface area (Å²) in [5, 5.41) is 0. The molecule has 0 bridgehead atoms. The van der Waals surface area contributed by atoms with Crippen LogP contribution in [0, 0.1) is 0 Å². The molecule has 4 rings (SSSR count). The quantitative estimate of drug-likeness (QED) is 0.749. The van der Waals surface area contributed by atoms with Crippen LogP contribution in [0.2, 0.25) is 0 Å². The standard InChI is InChI=1S/C15H17N7O/c23-15-19-12-3-1-2-4-13(12)22(15)11-20-5-7-21(8-6-20)14-17-9-16-10-18-14/h1-4,9-10H,5-8,11H2,(H,19,23). The smallest absolute Gasteiger partial charge is 0.327 e. The molecular weight excluding hydrogens is 294 g/mol. The molecule has 1 saturated heterocycles. The fraction of sp³-hybridized carbons (Fsp3) is 0.333. The monoisotopic (exact) mass is 311 g/mol. The van der Waals surface area contributed by atoms with Gasteiger partial charge in [0.15, 0.2) is 0 Å². The number of nitrogens with zero attached hydrogens (tertiary/aromatic N) is 6. The number of aromatic nitrogens is 5. The van der Waals surface area contributed by atoms with Crippen LogP contribution in [-0.2, 0) is 6.67 Å². The summed E-state index contributed by atoms with van der Waals surface area (Å²) in [5.41, 5.74) is 1.75. The van der Waals surface area contributed by atoms with Crippen LogP contribution in [0.4, 0.5) is 5.95 Å². The lowest BCUT2D eigenvalue weighted by atomic mass is 10.3. The molecule has 2 aromatic heterocycles. The van der Waals surface area contributed by atoms with Crippen molar-refractivity contribution in [3.63, 3.8) is 0 Å². The van der Waals surface area contributed by atoms with E-state index in [-0.39, 0.29) is 5.69 Å². The lowest BCUT2D eigenvalue weighted by molar-refractivity contribution is 0.205. The van der Waals surface area contributed by atoms with E-state index in [1.54, 1.807) is 4.57 Å². The Kier molecular flexibility index (Phi) is 3.51. The van der Waals surface area contributed by atoms with Crippen molar-refractivity contribution < 1.29 is 0 Å². The van der Waals surface area contributed by atoms with Gasteiger partial charge in [0.2, 0.25) is 5.95 Å². The molecule has 0 atom stereocenters. The van der Waals surface area contributed by atoms with Gasteiger partial charge in [-0.05, 0) is 12.1 Å². The molecule has 1 N–H and O–H groups in total. The van der Waals surface area contributed by atoms with Crippen LogP contribution in [0.25, 0.3) is 11.0 Å². The highest BCUT2D eigenvalue weighted by atomic mass is 16.1. The highest BCUT2D eigenvalue weighted by Gasteiger charge is 2.20. The maximum atomic E-state index is 12.1. The van der Waals surface area contributed by atoms with Gasteiger partial charge in [-0.3, -0.25) is 9.47 Å². The van der Waals surface area contributed by atoms with Crippen molar-refractivity contribution in [2.45, 2.75) is 6.67 Å². The third kappa shape index (κ3) is 2.68. The van der Waals surface area contributed by atoms with Crippen molar-refractivity contribution in [1.82, 2.24) is 29.4 Å². The SMILES string of the molecule is O=c1[nH]c2ccccc2n1CN1CCN(c2ncncn2)CC1. The number of imidazole rings is 1. The molecule has 118 valence electrons. The molecule has 8 nitrogen and oxygen atoms in total. The van der Waals surface area contributed by atoms with Gasteiger partial charge >= 0.3 is 5.69 Å². The zero-order valence-corrected chi connectivity index (χ0v) is 12.6. The molecule has 8 heteroatoms. The van der Waals surface area contributed by atoms with E-state index >= 15 is 0 Å². The van der Waals surface area contributed by atoms with Crippen LogP contribution in [-0.4, -0.2) is 55.6 Å². The molecule has 1 fully saturated rings. The number of aromatic amines is 1. The van der Waals surface area contributed by atoms with E-state index in [0.29, 0.717) is 12.6 Å². The van der Waals surface area contributed by atoms with E-state index in [2.05, 4.69) is 29.7 Å². The second kappa shape index (κ2) is 5.81. The number of anilines is 1. The summed E-state index contributed by atoms with van der Waals surface area (Å²) in [7, 11) is 0. The molecular formula is C15H17N7O. The van der Waals surface area contributed by atoms with Gasteiger partial charge in [0.1, 0.15) is 12.7 Å². The van der Waals surface area contributed by atoms with Crippen LogP contribution in [0.15, 0.2) is 41.7 Å². The van der Waals surface area contributed by atoms with Crippen LogP contribution < -0.4 is 10.6 Å². The van der Waals surface area contributed by atoms with Crippen molar-refractivity contribution in [3.8, 4) is 0 Å². The summed E-state index contributed by atoms with van der Waals surface area (Å²) in [5.74, 6) is 0.712. The van der Waals surface area contributed by atoms with Gasteiger partial charge in [0.05, 0.1) is 17.7 Å². The molecule has 23 heavy (non-hydrogen) atoms. The van der Waals surface area contributed by atoms with Crippen molar-refractivity contribution in [1.29, 1.82) is 0 Å². The van der Waals surface area contributed by atoms with Crippen molar-refractivity contribution in [2.24, 2.45) is 0 Å². The minimum absolute atomic E-state index is 0.0638. The minimum atomic E-state index is -0.0638. The van der Waals surface area contributed by atoms with Crippen LogP contribution >= 0.6 is 0 Å². The predicted molar refractivity (Wildman–Crippen MR) is 86.2 cm³/mol. The zero-order valence-electron chi connectivity index (χ0n) is 12.6. The first-order valence-electron chi connectivity index (χ1n) is 7.58. The lowest BCUT2D eigenvalue weighted by Crippen LogP contribution is -2.48. The van der Waals surface area contributed by atoms with E-state index < -0.39 is 0 Å². The normalized spacial score (nSPS) is 16.1. The van der Waals surface area contributed by atoms with Gasteiger partial charge in [-0.15, -0.1) is 0 Å². The fourth-order valence-electron chi connectivity index (χ4n) is 2.93. The highest BCUT2D eigenvalue weighted by Crippen LogP contribution is 2.12. The number of piperazine rings is 1. The average Bonchev–Trinajstić information content (AvgIpc) is 2.92. The Balaban J connectivity index is 1.47. The largest absolute Gasteiger partial charge is 0.338 e. The Morgan fingerprint density at radius 1 is 1.04 bits per heavy atom. The lowest BCUT2D eigenvalue weighted by Gasteiger charge is -2.34. The molecule has 1 aliphatic heterocycles. The van der Waals surface area contributed by atoms with Crippen LogP contribution in [0.3, 0.4) is 0 Å². The Hall–Kier alpha value is -2.74. The predicted octanol–water partition coefficient (Wildman–Crippen LogP) is 0.294. The Morgan fingerprint density at radius 2 is 1.78 bits per heavy atom. The first kappa shape index (κ1) is 13.9. The molecule has 0 saturated carbocycles. The maximum absolute atomic E-state index is 12.1. The van der Waals surface area contributed by atoms with Gasteiger partial charge in [-0.25, -0.2) is 19.7 Å². The second-order valence-electron chi connectivity index (χ2n) is 5.56. The van der Waals surface area contributed by atoms with Crippen LogP contribution in [0.1, 0.15) is 0 Å². The molecule has 1 aromatic carbocycles. The highest BCUT2D eigenvalue weighted by molar-refractivity contribution is 5.74. The van der Waals surface area contributed by atoms with Crippen LogP contribution in [0.5, 0.6) is 0 Å². The molecule has 0 aliphatic carbocycles. The topological polar surface area (TPSA) is 82.9 Å². The number of rotatable bonds is 3. The molecule has 0 unspecified atom stereocenters. The number of para-hydroxylation sites is 2. The summed E-state index contributed by atoms with van der Waals surface area (Å²) < 4.78 is 1.79. The third-order valence-corrected chi connectivity index (χ3v) is 4.16. The number of benzene rings is 1. The summed E-state index contributed by atoms with van der Waals surface area (Å²) in [6, 6.07) is 7.77. The molecule has 3 heterocycles. The maximum Gasteiger partial charge on any atom is 0.327 e. The Morgan fingerprint density at radius 3 is 2.57 bits per heavy atom. The van der Waals surface area contributed by atoms with E-state index in [1.807, 2.05) is 24.3 Å². The van der Waals surface area contributed by atoms with E-state index in [1.165, 1.54) is 12.7 Å². The molecule has 1 aliphatic rings. The number of fused-ring (bicyclic) bond motifs is 1. The number of nitrogens with one attached hydrogen (secondary N) is 1. The van der Waals surface area contributed by atoms with E-state index in [0.717, 1.165) is 37.2 Å². The summed E-state index contributed by atoms with van der Waals surface area (Å²) in [4.78, 5) is 31.6. The number of H-pyrrole nitrogens is 1. The number of hydrogen-bond donors (Lipinski definition) is 1. The molecule has 0 spiro atoms. The van der Waals surface area contributed by atoms with E-state index in [9.17, 15) is 4.79 Å². The minimum Gasteiger partial charge on any atom is -0.338 e. The fourth-order valence-corrected chi connectivity index (χ4v) is 2.93. The molecule has 0 radical (unpaired) electrons. The van der Waals surface area contributed by atoms with Gasteiger partial charge in [-0.2, -0.15) is 0 Å². The van der Waals surface area contributed by atoms with Gasteiger partial charge in [0.25, 0.3) is 0 Å². The summed E-state index contributed by atoms with van der Waals surface area (Å²) in [6.45, 7) is 3.98. The first-order chi connectivity index (χ1) is 11.3. The summed E-state index contributed by atoms with van der Waals surface area (Å²) >= 11 is 0. The van der Waals surface area contributed by atoms with Crippen molar-refractivity contribution in [2.75, 3.05) is 31.1 Å².